The fourth-order valence-electron chi connectivity index (χ4n) is 7.30. The van der Waals surface area contributed by atoms with Crippen molar-refractivity contribution in [1.82, 2.24) is 0 Å². The third-order valence-electron chi connectivity index (χ3n) is 9.54. The lowest BCUT2D eigenvalue weighted by atomic mass is 9.87. The van der Waals surface area contributed by atoms with Crippen LogP contribution >= 0.6 is 15.8 Å². The summed E-state index contributed by atoms with van der Waals surface area (Å²) in [6, 6.07) is 30.5. The van der Waals surface area contributed by atoms with Crippen molar-refractivity contribution in [2.24, 2.45) is 5.92 Å². The van der Waals surface area contributed by atoms with Crippen LogP contribution in [0.15, 0.2) is 121 Å². The Morgan fingerprint density at radius 1 is 0.538 bits per heavy atom. The molecule has 272 valence electrons. The van der Waals surface area contributed by atoms with E-state index in [1.165, 1.54) is 0 Å². The van der Waals surface area contributed by atoms with E-state index in [1.54, 1.807) is 6.92 Å². The summed E-state index contributed by atoms with van der Waals surface area (Å²) in [6.45, 7) is 1.67. The Hall–Kier alpha value is -3.74. The molecule has 0 heterocycles. The monoisotopic (exact) mass is 764 g/mol. The molecule has 1 fully saturated rings. The van der Waals surface area contributed by atoms with Gasteiger partial charge in [-0.1, -0.05) is 98.3 Å². The molecule has 1 saturated carbocycles. The van der Waals surface area contributed by atoms with Crippen molar-refractivity contribution in [3.63, 3.8) is 0 Å². The van der Waals surface area contributed by atoms with Crippen LogP contribution < -0.4 is 26.5 Å². The van der Waals surface area contributed by atoms with Gasteiger partial charge in [0.1, 0.15) is 5.82 Å². The topological polar surface area (TPSA) is 0 Å². The Morgan fingerprint density at radius 3 is 1.52 bits per heavy atom. The van der Waals surface area contributed by atoms with Crippen LogP contribution in [0.25, 0.3) is 0 Å². The molecule has 5 aromatic rings. The first-order chi connectivity index (χ1) is 24.5. The van der Waals surface area contributed by atoms with Crippen LogP contribution in [-0.4, -0.2) is 5.66 Å². The van der Waals surface area contributed by atoms with Crippen molar-refractivity contribution in [2.75, 3.05) is 0 Å². The zero-order chi connectivity index (χ0) is 37.4. The summed E-state index contributed by atoms with van der Waals surface area (Å²) in [5.74, 6) is -1.87. The average molecular weight is 765 g/mol. The minimum Gasteiger partial charge on any atom is -0.207 e. The van der Waals surface area contributed by atoms with E-state index >= 15 is 0 Å². The second kappa shape index (κ2) is 14.9. The standard InChI is InChI=1S/C40H32F10P2/c1-25(34-16-10-17-35(34)36-15-8-9-18-37(36)52(30-11-4-2-5-12-30)31-13-6-3-7-14-31)51(33-23-28(40(48,49)50)20-29(41)24-33)32-21-26(38(42,43)44)19-27(22-32)39(45,46)47/h2-9,11-15,18-25,34-35H,10,16-17H2,1H3/t25-,34?,35?,51?/m0/s1. The lowest BCUT2D eigenvalue weighted by Crippen LogP contribution is -2.31. The molecule has 6 rings (SSSR count). The third kappa shape index (κ3) is 8.24. The molecular formula is C40H32F10P2. The molecule has 1 aliphatic rings. The van der Waals surface area contributed by atoms with Gasteiger partial charge in [-0.2, -0.15) is 39.5 Å². The SMILES string of the molecule is C[C@@H](C1CCCC1c1ccccc1P(c1ccccc1)c1ccccc1)P(c1cc(F)cc(C(F)(F)F)c1)c1cc(C(F)(F)F)cc(C(F)(F)F)c1. The van der Waals surface area contributed by atoms with Gasteiger partial charge >= 0.3 is 18.5 Å². The van der Waals surface area contributed by atoms with E-state index in [9.17, 15) is 43.9 Å². The van der Waals surface area contributed by atoms with Crippen molar-refractivity contribution in [1.29, 1.82) is 0 Å². The van der Waals surface area contributed by atoms with Crippen molar-refractivity contribution in [3.8, 4) is 0 Å². The molecule has 0 N–H and O–H groups in total. The van der Waals surface area contributed by atoms with Gasteiger partial charge in [0.2, 0.25) is 0 Å². The smallest absolute Gasteiger partial charge is 0.207 e. The number of rotatable bonds is 8. The van der Waals surface area contributed by atoms with Gasteiger partial charge < -0.3 is 0 Å². The average Bonchev–Trinajstić information content (AvgIpc) is 3.58. The minimum atomic E-state index is -5.18. The Kier molecular flexibility index (Phi) is 10.9. The van der Waals surface area contributed by atoms with Gasteiger partial charge in [-0.3, -0.25) is 0 Å². The van der Waals surface area contributed by atoms with E-state index in [-0.39, 0.29) is 29.3 Å². The van der Waals surface area contributed by atoms with Gasteiger partial charge in [-0.25, -0.2) is 4.39 Å². The van der Waals surface area contributed by atoms with Crippen LogP contribution in [0.4, 0.5) is 43.9 Å². The number of benzene rings is 5. The number of hydrogen-bond acceptors (Lipinski definition) is 0. The molecule has 0 nitrogen and oxygen atoms in total. The molecule has 5 aromatic carbocycles. The van der Waals surface area contributed by atoms with E-state index in [2.05, 4.69) is 0 Å². The summed E-state index contributed by atoms with van der Waals surface area (Å²) in [6.07, 6.45) is -13.5. The summed E-state index contributed by atoms with van der Waals surface area (Å²) in [7, 11) is -3.49. The highest BCUT2D eigenvalue weighted by atomic mass is 31.1. The number of alkyl halides is 9. The zero-order valence-electron chi connectivity index (χ0n) is 27.6. The number of hydrogen-bond donors (Lipinski definition) is 0. The first kappa shape index (κ1) is 38.0. The van der Waals surface area contributed by atoms with Gasteiger partial charge in [-0.05, 0) is 115 Å². The Morgan fingerprint density at radius 2 is 1.00 bits per heavy atom. The van der Waals surface area contributed by atoms with Crippen LogP contribution in [-0.2, 0) is 18.5 Å². The largest absolute Gasteiger partial charge is 0.416 e. The Bertz CT molecular complexity index is 1920. The third-order valence-corrected chi connectivity index (χ3v) is 14.9. The predicted octanol–water partition coefficient (Wildman–Crippen LogP) is 11.0. The lowest BCUT2D eigenvalue weighted by Gasteiger charge is -2.36. The van der Waals surface area contributed by atoms with Gasteiger partial charge in [0.25, 0.3) is 0 Å². The van der Waals surface area contributed by atoms with Crippen molar-refractivity contribution < 1.29 is 43.9 Å². The van der Waals surface area contributed by atoms with Crippen LogP contribution in [0.2, 0.25) is 0 Å². The van der Waals surface area contributed by atoms with Crippen molar-refractivity contribution in [2.45, 2.75) is 56.3 Å². The summed E-state index contributed by atoms with van der Waals surface area (Å²) in [5.41, 5.74) is -4.29. The molecule has 1 aliphatic carbocycles. The highest BCUT2D eigenvalue weighted by Gasteiger charge is 2.43. The molecule has 0 amide bonds. The molecule has 0 saturated heterocycles. The molecule has 52 heavy (non-hydrogen) atoms. The second-order valence-electron chi connectivity index (χ2n) is 12.8. The van der Waals surface area contributed by atoms with Crippen molar-refractivity contribution in [3.05, 3.63) is 149 Å². The van der Waals surface area contributed by atoms with Crippen LogP contribution in [0.3, 0.4) is 0 Å². The van der Waals surface area contributed by atoms with Crippen LogP contribution in [0, 0.1) is 11.7 Å². The first-order valence-corrected chi connectivity index (χ1v) is 19.2. The molecule has 0 spiro atoms. The molecule has 0 aromatic heterocycles. The van der Waals surface area contributed by atoms with Crippen LogP contribution in [0.1, 0.15) is 54.4 Å². The van der Waals surface area contributed by atoms with E-state index in [1.807, 2.05) is 84.9 Å². The first-order valence-electron chi connectivity index (χ1n) is 16.5. The molecule has 3 unspecified atom stereocenters. The quantitative estimate of drug-likeness (QED) is 0.109. The molecule has 0 aliphatic heterocycles. The molecule has 0 radical (unpaired) electrons. The van der Waals surface area contributed by atoms with Gasteiger partial charge in [0.15, 0.2) is 0 Å². The van der Waals surface area contributed by atoms with E-state index < -0.39 is 67.8 Å². The van der Waals surface area contributed by atoms with Gasteiger partial charge in [0.05, 0.1) is 16.7 Å². The number of halogens is 10. The fraction of sp³-hybridized carbons (Fsp3) is 0.250. The lowest BCUT2D eigenvalue weighted by molar-refractivity contribution is -0.143. The van der Waals surface area contributed by atoms with E-state index in [0.717, 1.165) is 27.5 Å². The highest BCUT2D eigenvalue weighted by molar-refractivity contribution is 7.80. The maximum Gasteiger partial charge on any atom is 0.416 e. The summed E-state index contributed by atoms with van der Waals surface area (Å²) >= 11 is 0. The van der Waals surface area contributed by atoms with E-state index in [0.29, 0.717) is 37.5 Å². The molecule has 4 atom stereocenters. The summed E-state index contributed by atoms with van der Waals surface area (Å²) in [4.78, 5) is 0. The Labute approximate surface area is 297 Å². The second-order valence-corrected chi connectivity index (χ2v) is 17.6. The minimum absolute atomic E-state index is 0.00151. The maximum absolute atomic E-state index is 15.0. The van der Waals surface area contributed by atoms with Crippen molar-refractivity contribution >= 4 is 42.4 Å². The van der Waals surface area contributed by atoms with Crippen LogP contribution in [0.5, 0.6) is 0 Å². The summed E-state index contributed by atoms with van der Waals surface area (Å²) < 4.78 is 142. The molecular weight excluding hydrogens is 732 g/mol. The van der Waals surface area contributed by atoms with E-state index in [4.69, 9.17) is 0 Å². The molecule has 12 heteroatoms. The molecule has 0 bridgehead atoms. The fourth-order valence-corrected chi connectivity index (χ4v) is 12.9. The van der Waals surface area contributed by atoms with Gasteiger partial charge in [-0.15, -0.1) is 0 Å². The Balaban J connectivity index is 1.52. The predicted molar refractivity (Wildman–Crippen MR) is 189 cm³/mol. The summed E-state index contributed by atoms with van der Waals surface area (Å²) in [5, 5.41) is 2.48. The normalized spacial score (nSPS) is 18.1. The maximum atomic E-state index is 15.0. The highest BCUT2D eigenvalue weighted by Crippen LogP contribution is 2.54. The zero-order valence-corrected chi connectivity index (χ0v) is 29.4. The van der Waals surface area contributed by atoms with Gasteiger partial charge in [0, 0.05) is 0 Å².